The van der Waals surface area contributed by atoms with Gasteiger partial charge in [0.1, 0.15) is 0 Å². The van der Waals surface area contributed by atoms with E-state index in [-0.39, 0.29) is 41.7 Å². The lowest BCUT2D eigenvalue weighted by atomic mass is 10.0. The lowest BCUT2D eigenvalue weighted by Crippen LogP contribution is -2.56. The molecule has 0 aromatic rings. The Morgan fingerprint density at radius 2 is 1.80 bits per heavy atom. The van der Waals surface area contributed by atoms with Crippen molar-refractivity contribution < 1.29 is 14.2 Å². The Morgan fingerprint density at radius 1 is 1.13 bits per heavy atom. The van der Waals surface area contributed by atoms with E-state index in [1.807, 2.05) is 0 Å². The monoisotopic (exact) mass is 540 g/mol. The molecule has 2 rings (SSSR count). The Labute approximate surface area is 201 Å². The maximum atomic E-state index is 5.88. The van der Waals surface area contributed by atoms with Crippen molar-refractivity contribution in [2.75, 3.05) is 59.2 Å². The molecule has 0 aromatic carbocycles. The zero-order valence-corrected chi connectivity index (χ0v) is 22.1. The summed E-state index contributed by atoms with van der Waals surface area (Å²) in [5, 5.41) is 6.81. The van der Waals surface area contributed by atoms with Gasteiger partial charge in [0.15, 0.2) is 5.96 Å². The number of nitrogens with one attached hydrogen (secondary N) is 2. The lowest BCUT2D eigenvalue weighted by molar-refractivity contribution is -0.0939. The van der Waals surface area contributed by atoms with Crippen LogP contribution < -0.4 is 10.6 Å². The molecule has 0 saturated carbocycles. The van der Waals surface area contributed by atoms with Crippen molar-refractivity contribution in [3.05, 3.63) is 0 Å². The van der Waals surface area contributed by atoms with Crippen LogP contribution in [0.25, 0.3) is 0 Å². The molecular formula is C22H45IN4O3. The van der Waals surface area contributed by atoms with Crippen LogP contribution in [0.3, 0.4) is 0 Å². The van der Waals surface area contributed by atoms with Gasteiger partial charge in [0, 0.05) is 58.1 Å². The van der Waals surface area contributed by atoms with E-state index in [0.29, 0.717) is 5.92 Å². The fraction of sp³-hybridized carbons (Fsp3) is 0.955. The van der Waals surface area contributed by atoms with Gasteiger partial charge in [0.25, 0.3) is 0 Å². The van der Waals surface area contributed by atoms with Gasteiger partial charge in [-0.05, 0) is 59.8 Å². The topological polar surface area (TPSA) is 67.4 Å². The predicted octanol–water partition coefficient (Wildman–Crippen LogP) is 2.88. The summed E-state index contributed by atoms with van der Waals surface area (Å²) in [7, 11) is 0. The maximum Gasteiger partial charge on any atom is 0.191 e. The van der Waals surface area contributed by atoms with Crippen molar-refractivity contribution in [1.29, 1.82) is 0 Å². The second kappa shape index (κ2) is 14.8. The third-order valence-corrected chi connectivity index (χ3v) is 5.70. The molecule has 2 atom stereocenters. The normalized spacial score (nSPS) is 24.4. The van der Waals surface area contributed by atoms with Crippen LogP contribution in [0, 0.1) is 5.92 Å². The summed E-state index contributed by atoms with van der Waals surface area (Å²) in [5.74, 6) is 1.56. The molecule has 0 bridgehead atoms. The largest absolute Gasteiger partial charge is 0.381 e. The fourth-order valence-electron chi connectivity index (χ4n) is 3.93. The molecule has 0 aromatic heterocycles. The second-order valence-corrected chi connectivity index (χ2v) is 9.08. The molecule has 8 heteroatoms. The van der Waals surface area contributed by atoms with Gasteiger partial charge in [-0.1, -0.05) is 0 Å². The Hall–Kier alpha value is -0.160. The zero-order valence-electron chi connectivity index (χ0n) is 19.7. The van der Waals surface area contributed by atoms with Crippen molar-refractivity contribution in [2.45, 2.75) is 71.6 Å². The summed E-state index contributed by atoms with van der Waals surface area (Å²) < 4.78 is 17.1. The Kier molecular flexibility index (Phi) is 13.8. The van der Waals surface area contributed by atoms with Crippen LogP contribution >= 0.6 is 24.0 Å². The number of hydrogen-bond donors (Lipinski definition) is 2. The molecule has 2 unspecified atom stereocenters. The molecule has 2 N–H and O–H groups in total. The van der Waals surface area contributed by atoms with E-state index in [1.165, 1.54) is 0 Å². The van der Waals surface area contributed by atoms with Crippen molar-refractivity contribution in [1.82, 2.24) is 15.5 Å². The molecule has 2 aliphatic heterocycles. The standard InChI is InChI=1S/C22H44N4O3.HI/c1-6-23-21(24-10-7-11-28-16-20-8-12-27-13-9-20)25-17-22(4,5)26-14-18(2)29-19(3)15-26;/h18-20H,6-17H2,1-5H3,(H2,23,24,25);1H. The number of guanidine groups is 1. The molecule has 2 saturated heterocycles. The highest BCUT2D eigenvalue weighted by Gasteiger charge is 2.33. The van der Waals surface area contributed by atoms with Gasteiger partial charge >= 0.3 is 0 Å². The van der Waals surface area contributed by atoms with Gasteiger partial charge in [0.05, 0.1) is 18.8 Å². The van der Waals surface area contributed by atoms with Crippen LogP contribution in [-0.4, -0.2) is 87.8 Å². The minimum Gasteiger partial charge on any atom is -0.381 e. The lowest BCUT2D eigenvalue weighted by Gasteiger charge is -2.44. The number of ether oxygens (including phenoxy) is 3. The summed E-state index contributed by atoms with van der Waals surface area (Å²) in [6.07, 6.45) is 3.79. The summed E-state index contributed by atoms with van der Waals surface area (Å²) in [6.45, 7) is 18.8. The molecule has 2 heterocycles. The highest BCUT2D eigenvalue weighted by atomic mass is 127. The highest BCUT2D eigenvalue weighted by Crippen LogP contribution is 2.21. The van der Waals surface area contributed by atoms with Crippen LogP contribution in [0.15, 0.2) is 4.99 Å². The Morgan fingerprint density at radius 3 is 2.43 bits per heavy atom. The van der Waals surface area contributed by atoms with Crippen molar-refractivity contribution in [3.63, 3.8) is 0 Å². The summed E-state index contributed by atoms with van der Waals surface area (Å²) >= 11 is 0. The van der Waals surface area contributed by atoms with E-state index in [2.05, 4.69) is 50.2 Å². The average molecular weight is 541 g/mol. The van der Waals surface area contributed by atoms with Gasteiger partial charge in [-0.25, -0.2) is 0 Å². The molecule has 178 valence electrons. The zero-order chi connectivity index (χ0) is 21.1. The smallest absolute Gasteiger partial charge is 0.191 e. The first-order valence-corrected chi connectivity index (χ1v) is 11.5. The van der Waals surface area contributed by atoms with Crippen molar-refractivity contribution in [2.24, 2.45) is 10.9 Å². The minimum absolute atomic E-state index is 0. The van der Waals surface area contributed by atoms with Crippen molar-refractivity contribution >= 4 is 29.9 Å². The minimum atomic E-state index is 0. The van der Waals surface area contributed by atoms with Crippen LogP contribution in [0.4, 0.5) is 0 Å². The summed E-state index contributed by atoms with van der Waals surface area (Å²) in [5.41, 5.74) is 0.00146. The van der Waals surface area contributed by atoms with Gasteiger partial charge in [-0.15, -0.1) is 24.0 Å². The molecule has 2 aliphatic rings. The van der Waals surface area contributed by atoms with Crippen LogP contribution in [0.1, 0.15) is 53.9 Å². The predicted molar refractivity (Wildman–Crippen MR) is 134 cm³/mol. The van der Waals surface area contributed by atoms with Crippen LogP contribution in [0.2, 0.25) is 0 Å². The van der Waals surface area contributed by atoms with Crippen LogP contribution in [-0.2, 0) is 14.2 Å². The molecule has 0 spiro atoms. The van der Waals surface area contributed by atoms with Gasteiger partial charge in [-0.3, -0.25) is 9.89 Å². The Bertz CT molecular complexity index is 477. The number of nitrogens with zero attached hydrogens (tertiary/aromatic N) is 2. The van der Waals surface area contributed by atoms with E-state index >= 15 is 0 Å². The molecule has 30 heavy (non-hydrogen) atoms. The summed E-state index contributed by atoms with van der Waals surface area (Å²) in [4.78, 5) is 7.36. The second-order valence-electron chi connectivity index (χ2n) is 9.08. The van der Waals surface area contributed by atoms with E-state index in [9.17, 15) is 0 Å². The van der Waals surface area contributed by atoms with Crippen molar-refractivity contribution in [3.8, 4) is 0 Å². The molecule has 0 amide bonds. The van der Waals surface area contributed by atoms with E-state index in [4.69, 9.17) is 19.2 Å². The number of halogens is 1. The van der Waals surface area contributed by atoms with E-state index in [0.717, 1.165) is 84.4 Å². The van der Waals surface area contributed by atoms with E-state index < -0.39 is 0 Å². The first-order valence-electron chi connectivity index (χ1n) is 11.5. The highest BCUT2D eigenvalue weighted by molar-refractivity contribution is 14.0. The third kappa shape index (κ3) is 10.4. The van der Waals surface area contributed by atoms with E-state index in [1.54, 1.807) is 0 Å². The van der Waals surface area contributed by atoms with Gasteiger partial charge in [-0.2, -0.15) is 0 Å². The molecular weight excluding hydrogens is 495 g/mol. The molecule has 0 radical (unpaired) electrons. The van der Waals surface area contributed by atoms with Gasteiger partial charge in [0.2, 0.25) is 0 Å². The molecule has 0 aliphatic carbocycles. The quantitative estimate of drug-likeness (QED) is 0.192. The SMILES string of the molecule is CCNC(=NCC(C)(C)N1CC(C)OC(C)C1)NCCCOCC1CCOCC1.I. The first-order chi connectivity index (χ1) is 13.9. The molecule has 7 nitrogen and oxygen atoms in total. The van der Waals surface area contributed by atoms with Gasteiger partial charge < -0.3 is 24.8 Å². The summed E-state index contributed by atoms with van der Waals surface area (Å²) in [6, 6.07) is 0. The van der Waals surface area contributed by atoms with Crippen LogP contribution in [0.5, 0.6) is 0 Å². The first kappa shape index (κ1) is 27.9. The average Bonchev–Trinajstić information content (AvgIpc) is 2.68. The number of aliphatic imine (C=N–C) groups is 1. The molecule has 2 fully saturated rings. The Balaban J connectivity index is 0.00000450. The number of rotatable bonds is 10. The number of morpholine rings is 1. The fourth-order valence-corrected chi connectivity index (χ4v) is 3.93. The maximum absolute atomic E-state index is 5.88. The number of hydrogen-bond acceptors (Lipinski definition) is 5. The third-order valence-electron chi connectivity index (χ3n) is 5.70.